The summed E-state index contributed by atoms with van der Waals surface area (Å²) in [6, 6.07) is 5.95. The second-order valence-corrected chi connectivity index (χ2v) is 10.4. The number of hydrogen-bond donors (Lipinski definition) is 1. The molecule has 1 aromatic carbocycles. The molecule has 3 aliphatic rings. The number of halogens is 3. The van der Waals surface area contributed by atoms with E-state index in [9.17, 15) is 22.8 Å². The van der Waals surface area contributed by atoms with Crippen molar-refractivity contribution >= 4 is 17.3 Å². The molecule has 3 aromatic rings. The van der Waals surface area contributed by atoms with Crippen LogP contribution in [0, 0.1) is 0 Å². The molecule has 2 amide bonds. The van der Waals surface area contributed by atoms with Crippen LogP contribution in [0.4, 0.5) is 13.2 Å². The lowest BCUT2D eigenvalue weighted by molar-refractivity contribution is -0.145. The molecular weight excluding hydrogens is 529 g/mol. The summed E-state index contributed by atoms with van der Waals surface area (Å²) in [6.07, 6.45) is 4.88. The zero-order chi connectivity index (χ0) is 28.0. The number of nitrogens with zero attached hydrogens (tertiary/aromatic N) is 3. The third kappa shape index (κ3) is 4.63. The van der Waals surface area contributed by atoms with Gasteiger partial charge >= 0.3 is 6.61 Å². The summed E-state index contributed by atoms with van der Waals surface area (Å²) in [5, 5.41) is 6.96. The van der Waals surface area contributed by atoms with Crippen LogP contribution in [0.15, 0.2) is 36.7 Å². The van der Waals surface area contributed by atoms with Crippen molar-refractivity contribution in [2.24, 2.45) is 0 Å². The summed E-state index contributed by atoms with van der Waals surface area (Å²) in [5.41, 5.74) is 1.72. The average Bonchev–Trinajstić information content (AvgIpc) is 3.44. The number of aromatic nitrogens is 2. The monoisotopic (exact) mass is 558 g/mol. The first-order chi connectivity index (χ1) is 19.3. The Labute approximate surface area is 228 Å². The summed E-state index contributed by atoms with van der Waals surface area (Å²) in [6.45, 7) is -0.996. The fraction of sp³-hybridized carbons (Fsp3) is 0.464. The van der Waals surface area contributed by atoms with Crippen molar-refractivity contribution in [3.8, 4) is 22.6 Å². The molecule has 3 fully saturated rings. The first-order valence-electron chi connectivity index (χ1n) is 13.3. The number of rotatable bonds is 8. The van der Waals surface area contributed by atoms with Crippen LogP contribution >= 0.6 is 0 Å². The van der Waals surface area contributed by atoms with Gasteiger partial charge in [-0.25, -0.2) is 8.91 Å². The van der Waals surface area contributed by atoms with Crippen molar-refractivity contribution in [1.29, 1.82) is 0 Å². The second kappa shape index (κ2) is 10.3. The molecular formula is C28H29F3N4O5. The van der Waals surface area contributed by atoms with E-state index < -0.39 is 35.9 Å². The van der Waals surface area contributed by atoms with Gasteiger partial charge in [0.05, 0.1) is 43.5 Å². The molecule has 2 saturated carbocycles. The average molecular weight is 559 g/mol. The van der Waals surface area contributed by atoms with E-state index in [-0.39, 0.29) is 23.6 Å². The molecule has 0 bridgehead atoms. The number of morpholine rings is 1. The molecule has 2 atom stereocenters. The van der Waals surface area contributed by atoms with Crippen LogP contribution in [0.5, 0.6) is 11.5 Å². The van der Waals surface area contributed by atoms with Crippen LogP contribution in [-0.2, 0) is 14.9 Å². The normalized spacial score (nSPS) is 21.7. The molecule has 2 aliphatic carbocycles. The van der Waals surface area contributed by atoms with Crippen molar-refractivity contribution in [3.63, 3.8) is 0 Å². The van der Waals surface area contributed by atoms with E-state index in [1.165, 1.54) is 19.2 Å². The van der Waals surface area contributed by atoms with E-state index in [4.69, 9.17) is 14.2 Å². The zero-order valence-corrected chi connectivity index (χ0v) is 21.9. The number of methoxy groups -OCH3 is 1. The Kier molecular flexibility index (Phi) is 6.81. The van der Waals surface area contributed by atoms with E-state index in [2.05, 4.69) is 10.4 Å². The summed E-state index contributed by atoms with van der Waals surface area (Å²) >= 11 is 0. The smallest absolute Gasteiger partial charge is 0.387 e. The topological polar surface area (TPSA) is 94.4 Å². The van der Waals surface area contributed by atoms with Gasteiger partial charge in [-0.15, -0.1) is 0 Å². The Hall–Kier alpha value is -3.80. The number of pyridine rings is 1. The van der Waals surface area contributed by atoms with Gasteiger partial charge < -0.3 is 24.4 Å². The first-order valence-corrected chi connectivity index (χ1v) is 13.3. The Balaban J connectivity index is 1.35. The lowest BCUT2D eigenvalue weighted by Crippen LogP contribution is -2.54. The van der Waals surface area contributed by atoms with Crippen LogP contribution in [-0.4, -0.2) is 78.6 Å². The molecule has 212 valence electrons. The Morgan fingerprint density at radius 2 is 1.90 bits per heavy atom. The van der Waals surface area contributed by atoms with E-state index in [1.807, 2.05) is 23.2 Å². The molecule has 1 aliphatic heterocycles. The van der Waals surface area contributed by atoms with E-state index >= 15 is 0 Å². The minimum absolute atomic E-state index is 0.00204. The Morgan fingerprint density at radius 1 is 1.18 bits per heavy atom. The Morgan fingerprint density at radius 3 is 2.52 bits per heavy atom. The molecule has 1 N–H and O–H groups in total. The number of alkyl halides is 3. The summed E-state index contributed by atoms with van der Waals surface area (Å²) in [5.74, 6) is -1.04. The van der Waals surface area contributed by atoms with Gasteiger partial charge in [0.1, 0.15) is 23.2 Å². The van der Waals surface area contributed by atoms with Crippen molar-refractivity contribution in [1.82, 2.24) is 19.8 Å². The van der Waals surface area contributed by atoms with Crippen molar-refractivity contribution in [2.75, 3.05) is 33.4 Å². The van der Waals surface area contributed by atoms with Gasteiger partial charge in [0.15, 0.2) is 0 Å². The van der Waals surface area contributed by atoms with E-state index in [1.54, 1.807) is 10.7 Å². The number of amides is 2. The SMILES string of the molecule is COc1cc(-c2cnn3cc(C4(C(=O)N5CCOCC5)CCC4)ccc23)cc(OC(F)F)c1C(=O)N[C@@H]1C[C@@H]1F. The quantitative estimate of drug-likeness (QED) is 0.453. The zero-order valence-electron chi connectivity index (χ0n) is 21.9. The standard InChI is InChI=1S/C28H29F3N4O5/c1-38-22-11-16(12-23(40-27(30)31)24(22)25(36)33-20-13-19(20)29)18-14-32-35-15-17(3-4-21(18)35)28(5-2-6-28)26(37)34-7-9-39-10-8-34/h3-4,11-12,14-15,19-20,27H,2,5-10,13H2,1H3,(H,33,36)/t19-,20+/m0/s1. The molecule has 0 spiro atoms. The third-order valence-corrected chi connectivity index (χ3v) is 8.05. The molecule has 0 radical (unpaired) electrons. The number of hydrogen-bond acceptors (Lipinski definition) is 6. The number of carbonyl (C=O) groups is 2. The number of carbonyl (C=O) groups excluding carboxylic acids is 2. The summed E-state index contributed by atoms with van der Waals surface area (Å²) in [7, 11) is 1.31. The van der Waals surface area contributed by atoms with Gasteiger partial charge in [-0.1, -0.05) is 12.5 Å². The highest BCUT2D eigenvalue weighted by atomic mass is 19.3. The van der Waals surface area contributed by atoms with Crippen LogP contribution in [0.25, 0.3) is 16.6 Å². The maximum Gasteiger partial charge on any atom is 0.387 e. The first kappa shape index (κ1) is 26.4. The highest BCUT2D eigenvalue weighted by Crippen LogP contribution is 2.46. The van der Waals surface area contributed by atoms with Gasteiger partial charge in [-0.2, -0.15) is 13.9 Å². The highest BCUT2D eigenvalue weighted by molar-refractivity contribution is 6.01. The van der Waals surface area contributed by atoms with Crippen LogP contribution in [0.3, 0.4) is 0 Å². The predicted octanol–water partition coefficient (Wildman–Crippen LogP) is 3.73. The molecule has 40 heavy (non-hydrogen) atoms. The maximum absolute atomic E-state index is 13.5. The van der Waals surface area contributed by atoms with Crippen LogP contribution in [0.2, 0.25) is 0 Å². The molecule has 3 heterocycles. The summed E-state index contributed by atoms with van der Waals surface area (Å²) < 4.78 is 57.2. The maximum atomic E-state index is 13.5. The van der Waals surface area contributed by atoms with Gasteiger partial charge in [-0.3, -0.25) is 9.59 Å². The number of ether oxygens (including phenoxy) is 3. The number of benzene rings is 1. The molecule has 2 aromatic heterocycles. The molecule has 12 heteroatoms. The van der Waals surface area contributed by atoms with Crippen LogP contribution in [0.1, 0.15) is 41.6 Å². The van der Waals surface area contributed by atoms with E-state index in [0.29, 0.717) is 42.9 Å². The highest BCUT2D eigenvalue weighted by Gasteiger charge is 2.48. The third-order valence-electron chi connectivity index (χ3n) is 8.05. The summed E-state index contributed by atoms with van der Waals surface area (Å²) in [4.78, 5) is 28.2. The fourth-order valence-corrected chi connectivity index (χ4v) is 5.59. The molecule has 9 nitrogen and oxygen atoms in total. The molecule has 0 unspecified atom stereocenters. The number of nitrogens with one attached hydrogen (secondary N) is 1. The predicted molar refractivity (Wildman–Crippen MR) is 138 cm³/mol. The molecule has 1 saturated heterocycles. The van der Waals surface area contributed by atoms with E-state index in [0.717, 1.165) is 24.8 Å². The van der Waals surface area contributed by atoms with Gasteiger partial charge in [0, 0.05) is 31.3 Å². The lowest BCUT2D eigenvalue weighted by Gasteiger charge is -2.44. The van der Waals surface area contributed by atoms with Crippen LogP contribution < -0.4 is 14.8 Å². The fourth-order valence-electron chi connectivity index (χ4n) is 5.59. The van der Waals surface area contributed by atoms with Gasteiger partial charge in [-0.05, 0) is 42.2 Å². The van der Waals surface area contributed by atoms with Crippen molar-refractivity contribution in [3.05, 3.63) is 47.8 Å². The minimum atomic E-state index is -3.20. The Bertz CT molecular complexity index is 1450. The van der Waals surface area contributed by atoms with Gasteiger partial charge in [0.25, 0.3) is 5.91 Å². The van der Waals surface area contributed by atoms with Gasteiger partial charge in [0.2, 0.25) is 5.91 Å². The second-order valence-electron chi connectivity index (χ2n) is 10.4. The molecule has 6 rings (SSSR count). The minimum Gasteiger partial charge on any atom is -0.496 e. The van der Waals surface area contributed by atoms with Crippen molar-refractivity contribution in [2.45, 2.75) is 49.9 Å². The number of fused-ring (bicyclic) bond motifs is 1. The largest absolute Gasteiger partial charge is 0.496 e. The van der Waals surface area contributed by atoms with Crippen molar-refractivity contribution < 1.29 is 37.0 Å². The lowest BCUT2D eigenvalue weighted by atomic mass is 9.64.